The molecule has 3 amide bonds. The standard InChI is InChI=1S/C22H28ClN3O4/c1-4-13(11-27)26-19(21(29)25-16-8-6-5-7-15(16)23)14-10-9-12(2)17(20(28)24-3)18(14)22(26)30/h5-10,12-14,17-19,27H,4,11H2,1-3H3,(H,24,28)(H,25,29)/t12-,13+,14+,17-,18+,19+/m1/s1. The van der Waals surface area contributed by atoms with E-state index in [1.54, 1.807) is 31.3 Å². The molecule has 1 aliphatic carbocycles. The molecule has 1 aromatic rings. The van der Waals surface area contributed by atoms with Gasteiger partial charge in [-0.05, 0) is 24.5 Å². The maximum atomic E-state index is 13.5. The number of nitrogens with one attached hydrogen (secondary N) is 2. The van der Waals surface area contributed by atoms with Crippen LogP contribution in [-0.4, -0.2) is 53.5 Å². The SMILES string of the molecule is CC[C@@H](CO)N1C(=O)[C@H]2[C@H](C=C[C@@H](C)[C@H]2C(=O)NC)[C@H]1C(=O)Nc1ccccc1Cl. The van der Waals surface area contributed by atoms with E-state index in [1.165, 1.54) is 4.90 Å². The van der Waals surface area contributed by atoms with Crippen molar-refractivity contribution in [3.63, 3.8) is 0 Å². The second-order valence-electron chi connectivity index (χ2n) is 7.89. The summed E-state index contributed by atoms with van der Waals surface area (Å²) in [5.41, 5.74) is 0.452. The Labute approximate surface area is 181 Å². The van der Waals surface area contributed by atoms with Gasteiger partial charge in [-0.25, -0.2) is 0 Å². The fraction of sp³-hybridized carbons (Fsp3) is 0.500. The fourth-order valence-corrected chi connectivity index (χ4v) is 4.87. The van der Waals surface area contributed by atoms with Gasteiger partial charge in [-0.3, -0.25) is 14.4 Å². The van der Waals surface area contributed by atoms with Crippen molar-refractivity contribution < 1.29 is 19.5 Å². The predicted molar refractivity (Wildman–Crippen MR) is 115 cm³/mol. The van der Waals surface area contributed by atoms with E-state index in [0.29, 0.717) is 17.1 Å². The smallest absolute Gasteiger partial charge is 0.247 e. The van der Waals surface area contributed by atoms with Crippen LogP contribution in [-0.2, 0) is 14.4 Å². The molecule has 0 radical (unpaired) electrons. The molecule has 0 spiro atoms. The van der Waals surface area contributed by atoms with Crippen LogP contribution in [0.2, 0.25) is 5.02 Å². The minimum Gasteiger partial charge on any atom is -0.394 e. The van der Waals surface area contributed by atoms with Crippen LogP contribution in [0.15, 0.2) is 36.4 Å². The van der Waals surface area contributed by atoms with Gasteiger partial charge in [-0.2, -0.15) is 0 Å². The van der Waals surface area contributed by atoms with Crippen LogP contribution in [0.4, 0.5) is 5.69 Å². The second-order valence-corrected chi connectivity index (χ2v) is 8.30. The Morgan fingerprint density at radius 1 is 1.23 bits per heavy atom. The first-order valence-electron chi connectivity index (χ1n) is 10.2. The van der Waals surface area contributed by atoms with Gasteiger partial charge in [0.25, 0.3) is 0 Å². The summed E-state index contributed by atoms with van der Waals surface area (Å²) >= 11 is 6.20. The Hall–Kier alpha value is -2.38. The van der Waals surface area contributed by atoms with Crippen molar-refractivity contribution in [3.8, 4) is 0 Å². The quantitative estimate of drug-likeness (QED) is 0.598. The monoisotopic (exact) mass is 433 g/mol. The number of para-hydroxylation sites is 1. The number of benzene rings is 1. The van der Waals surface area contributed by atoms with Gasteiger partial charge in [-0.15, -0.1) is 0 Å². The summed E-state index contributed by atoms with van der Waals surface area (Å²) in [6, 6.07) is 5.52. The highest BCUT2D eigenvalue weighted by Gasteiger charge is 2.57. The Morgan fingerprint density at radius 3 is 2.53 bits per heavy atom. The highest BCUT2D eigenvalue weighted by atomic mass is 35.5. The number of aliphatic hydroxyl groups excluding tert-OH is 1. The number of anilines is 1. The maximum Gasteiger partial charge on any atom is 0.247 e. The summed E-state index contributed by atoms with van der Waals surface area (Å²) < 4.78 is 0. The summed E-state index contributed by atoms with van der Waals surface area (Å²) in [4.78, 5) is 40.9. The lowest BCUT2D eigenvalue weighted by Gasteiger charge is -2.33. The normalized spacial score (nSPS) is 28.8. The van der Waals surface area contributed by atoms with Crippen molar-refractivity contribution >= 4 is 35.0 Å². The minimum atomic E-state index is -0.841. The number of fused-ring (bicyclic) bond motifs is 1. The number of halogens is 1. The lowest BCUT2D eigenvalue weighted by molar-refractivity contribution is -0.142. The molecule has 0 aromatic heterocycles. The lowest BCUT2D eigenvalue weighted by Crippen LogP contribution is -2.50. The van der Waals surface area contributed by atoms with Crippen molar-refractivity contribution in [2.24, 2.45) is 23.7 Å². The number of hydrogen-bond acceptors (Lipinski definition) is 4. The van der Waals surface area contributed by atoms with E-state index in [0.717, 1.165) is 0 Å². The number of hydrogen-bond donors (Lipinski definition) is 3. The Kier molecular flexibility index (Phi) is 6.83. The number of allylic oxidation sites excluding steroid dienone is 1. The van der Waals surface area contributed by atoms with Gasteiger partial charge in [0.15, 0.2) is 0 Å². The number of carbonyl (C=O) groups is 3. The molecule has 3 N–H and O–H groups in total. The molecule has 7 nitrogen and oxygen atoms in total. The molecule has 0 saturated carbocycles. The van der Waals surface area contributed by atoms with Crippen LogP contribution >= 0.6 is 11.6 Å². The van der Waals surface area contributed by atoms with Crippen LogP contribution in [0.25, 0.3) is 0 Å². The maximum absolute atomic E-state index is 13.5. The minimum absolute atomic E-state index is 0.142. The Balaban J connectivity index is 2.02. The zero-order chi connectivity index (χ0) is 22.0. The van der Waals surface area contributed by atoms with Gasteiger partial charge in [0, 0.05) is 13.0 Å². The lowest BCUT2D eigenvalue weighted by atomic mass is 9.70. The number of amides is 3. The van der Waals surface area contributed by atoms with Gasteiger partial charge in [0.05, 0.1) is 35.2 Å². The molecule has 1 heterocycles. The highest BCUT2D eigenvalue weighted by molar-refractivity contribution is 6.33. The first-order valence-corrected chi connectivity index (χ1v) is 10.6. The molecule has 3 rings (SSSR count). The van der Waals surface area contributed by atoms with Crippen LogP contribution < -0.4 is 10.6 Å². The molecule has 6 atom stereocenters. The van der Waals surface area contributed by atoms with Crippen molar-refractivity contribution in [2.75, 3.05) is 19.0 Å². The van der Waals surface area contributed by atoms with Crippen molar-refractivity contribution in [1.29, 1.82) is 0 Å². The highest BCUT2D eigenvalue weighted by Crippen LogP contribution is 2.45. The van der Waals surface area contributed by atoms with E-state index >= 15 is 0 Å². The summed E-state index contributed by atoms with van der Waals surface area (Å²) in [5, 5.41) is 15.8. The van der Waals surface area contributed by atoms with E-state index in [9.17, 15) is 19.5 Å². The topological polar surface area (TPSA) is 98.7 Å². The third-order valence-corrected chi connectivity index (χ3v) is 6.56. The van der Waals surface area contributed by atoms with E-state index in [2.05, 4.69) is 10.6 Å². The number of rotatable bonds is 6. The predicted octanol–water partition coefficient (Wildman–Crippen LogP) is 2.06. The van der Waals surface area contributed by atoms with E-state index in [4.69, 9.17) is 11.6 Å². The van der Waals surface area contributed by atoms with Gasteiger partial charge in [0.1, 0.15) is 6.04 Å². The third-order valence-electron chi connectivity index (χ3n) is 6.23. The van der Waals surface area contributed by atoms with Crippen molar-refractivity contribution in [3.05, 3.63) is 41.4 Å². The summed E-state index contributed by atoms with van der Waals surface area (Å²) in [7, 11) is 1.55. The van der Waals surface area contributed by atoms with Crippen LogP contribution in [0, 0.1) is 23.7 Å². The third kappa shape index (κ3) is 3.84. The zero-order valence-electron chi connectivity index (χ0n) is 17.3. The van der Waals surface area contributed by atoms with Gasteiger partial charge in [-0.1, -0.05) is 49.7 Å². The Bertz CT molecular complexity index is 855. The average molecular weight is 434 g/mol. The molecular weight excluding hydrogens is 406 g/mol. The fourth-order valence-electron chi connectivity index (χ4n) is 4.68. The van der Waals surface area contributed by atoms with Gasteiger partial charge < -0.3 is 20.6 Å². The van der Waals surface area contributed by atoms with Gasteiger partial charge >= 0.3 is 0 Å². The zero-order valence-corrected chi connectivity index (χ0v) is 18.1. The number of aliphatic hydroxyl groups is 1. The molecule has 1 saturated heterocycles. The first-order chi connectivity index (χ1) is 14.3. The number of likely N-dealkylation sites (tertiary alicyclic amines) is 1. The van der Waals surface area contributed by atoms with Gasteiger partial charge in [0.2, 0.25) is 17.7 Å². The van der Waals surface area contributed by atoms with E-state index < -0.39 is 29.8 Å². The molecular formula is C22H28ClN3O4. The van der Waals surface area contributed by atoms with Crippen molar-refractivity contribution in [1.82, 2.24) is 10.2 Å². The molecule has 2 aliphatic rings. The first kappa shape index (κ1) is 22.3. The molecule has 1 aromatic carbocycles. The molecule has 8 heteroatoms. The molecule has 1 fully saturated rings. The summed E-state index contributed by atoms with van der Waals surface area (Å²) in [5.74, 6) is -2.73. The summed E-state index contributed by atoms with van der Waals surface area (Å²) in [6.07, 6.45) is 4.25. The molecule has 0 unspecified atom stereocenters. The average Bonchev–Trinajstić information content (AvgIpc) is 3.03. The molecule has 162 valence electrons. The number of carbonyl (C=O) groups excluding carboxylic acids is 3. The Morgan fingerprint density at radius 2 is 1.93 bits per heavy atom. The molecule has 0 bridgehead atoms. The van der Waals surface area contributed by atoms with Crippen LogP contribution in [0.5, 0.6) is 0 Å². The summed E-state index contributed by atoms with van der Waals surface area (Å²) in [6.45, 7) is 3.49. The second kappa shape index (κ2) is 9.18. The van der Waals surface area contributed by atoms with E-state index in [1.807, 2.05) is 26.0 Å². The number of nitrogens with zero attached hydrogens (tertiary/aromatic N) is 1. The largest absolute Gasteiger partial charge is 0.394 e. The molecule has 30 heavy (non-hydrogen) atoms. The van der Waals surface area contributed by atoms with E-state index in [-0.39, 0.29) is 30.2 Å². The van der Waals surface area contributed by atoms with Crippen LogP contribution in [0.3, 0.4) is 0 Å². The van der Waals surface area contributed by atoms with Crippen molar-refractivity contribution in [2.45, 2.75) is 32.4 Å². The van der Waals surface area contributed by atoms with Crippen LogP contribution in [0.1, 0.15) is 20.3 Å². The molecule has 1 aliphatic heterocycles.